The van der Waals surface area contributed by atoms with Gasteiger partial charge in [-0.25, -0.2) is 4.98 Å². The Labute approximate surface area is 163 Å². The lowest BCUT2D eigenvalue weighted by molar-refractivity contribution is 0.0446. The largest absolute Gasteiger partial charge is 0.380 e. The zero-order valence-corrected chi connectivity index (χ0v) is 15.7. The molecule has 1 unspecified atom stereocenters. The van der Waals surface area contributed by atoms with E-state index in [0.29, 0.717) is 23.1 Å². The normalized spacial score (nSPS) is 12.8. The van der Waals surface area contributed by atoms with Gasteiger partial charge in [0, 0.05) is 0 Å². The number of nitrogens with zero attached hydrogens (tertiary/aromatic N) is 1. The van der Waals surface area contributed by atoms with Crippen LogP contribution in [-0.2, 0) is 5.60 Å². The van der Waals surface area contributed by atoms with Crippen molar-refractivity contribution < 1.29 is 5.11 Å². The molecule has 4 heteroatoms. The fourth-order valence-electron chi connectivity index (χ4n) is 3.91. The number of H-pyrrole nitrogens is 1. The minimum atomic E-state index is -1.32. The molecule has 4 aromatic rings. The summed E-state index contributed by atoms with van der Waals surface area (Å²) in [5, 5.41) is 12.6. The standard InChI is InChI=1S/C24H22N2O2/c1-2-20(22-25-21-16-10-9-15-19(21)23(27)26-22)24(28,17-11-5-3-6-12-17)18-13-7-4-8-14-18/h3-16,20,28H,2H2,1H3,(H,25,26,27). The number of fused-ring (bicyclic) bond motifs is 1. The minimum absolute atomic E-state index is 0.192. The average Bonchev–Trinajstić information content (AvgIpc) is 2.75. The van der Waals surface area contributed by atoms with Crippen molar-refractivity contribution in [2.75, 3.05) is 0 Å². The van der Waals surface area contributed by atoms with Crippen molar-refractivity contribution in [1.29, 1.82) is 0 Å². The number of nitrogens with one attached hydrogen (secondary N) is 1. The van der Waals surface area contributed by atoms with Crippen molar-refractivity contribution in [3.8, 4) is 0 Å². The van der Waals surface area contributed by atoms with Crippen LogP contribution in [0.2, 0.25) is 0 Å². The fourth-order valence-corrected chi connectivity index (χ4v) is 3.91. The number of hydrogen-bond acceptors (Lipinski definition) is 3. The molecule has 28 heavy (non-hydrogen) atoms. The van der Waals surface area contributed by atoms with Crippen LogP contribution < -0.4 is 5.56 Å². The number of para-hydroxylation sites is 1. The third-order valence-corrected chi connectivity index (χ3v) is 5.30. The van der Waals surface area contributed by atoms with Crippen LogP contribution in [0, 0.1) is 0 Å². The van der Waals surface area contributed by atoms with E-state index in [9.17, 15) is 9.90 Å². The maximum Gasteiger partial charge on any atom is 0.258 e. The first-order valence-electron chi connectivity index (χ1n) is 9.47. The predicted molar refractivity (Wildman–Crippen MR) is 111 cm³/mol. The molecule has 0 amide bonds. The molecule has 0 aliphatic heterocycles. The Kier molecular flexibility index (Phi) is 4.80. The molecule has 1 heterocycles. The van der Waals surface area contributed by atoms with Crippen molar-refractivity contribution in [3.05, 3.63) is 112 Å². The van der Waals surface area contributed by atoms with Gasteiger partial charge in [0.1, 0.15) is 11.4 Å². The molecule has 140 valence electrons. The molecule has 0 bridgehead atoms. The van der Waals surface area contributed by atoms with Crippen molar-refractivity contribution in [2.24, 2.45) is 0 Å². The summed E-state index contributed by atoms with van der Waals surface area (Å²) in [6.07, 6.45) is 0.599. The Morgan fingerprint density at radius 1 is 0.893 bits per heavy atom. The molecule has 4 nitrogen and oxygen atoms in total. The van der Waals surface area contributed by atoms with E-state index in [4.69, 9.17) is 4.98 Å². The van der Waals surface area contributed by atoms with E-state index in [1.807, 2.05) is 85.8 Å². The molecule has 0 aliphatic rings. The van der Waals surface area contributed by atoms with Gasteiger partial charge >= 0.3 is 0 Å². The molecule has 0 aliphatic carbocycles. The first kappa shape index (κ1) is 18.1. The molecule has 3 aromatic carbocycles. The van der Waals surface area contributed by atoms with Gasteiger partial charge < -0.3 is 10.1 Å². The second kappa shape index (κ2) is 7.41. The van der Waals surface area contributed by atoms with Gasteiger partial charge in [0.15, 0.2) is 0 Å². The summed E-state index contributed by atoms with van der Waals surface area (Å²) in [5.74, 6) is 0.0658. The summed E-state index contributed by atoms with van der Waals surface area (Å²) in [6, 6.07) is 26.4. The highest BCUT2D eigenvalue weighted by Crippen LogP contribution is 2.43. The van der Waals surface area contributed by atoms with E-state index in [2.05, 4.69) is 4.98 Å². The molecular weight excluding hydrogens is 348 g/mol. The third-order valence-electron chi connectivity index (χ3n) is 5.30. The third kappa shape index (κ3) is 3.02. The van der Waals surface area contributed by atoms with Gasteiger partial charge in [-0.2, -0.15) is 0 Å². The second-order valence-electron chi connectivity index (χ2n) is 6.93. The van der Waals surface area contributed by atoms with E-state index < -0.39 is 11.5 Å². The predicted octanol–water partition coefficient (Wildman–Crippen LogP) is 4.35. The Bertz CT molecular complexity index is 1100. The quantitative estimate of drug-likeness (QED) is 0.549. The van der Waals surface area contributed by atoms with Gasteiger partial charge in [-0.3, -0.25) is 4.79 Å². The highest BCUT2D eigenvalue weighted by molar-refractivity contribution is 5.77. The first-order valence-corrected chi connectivity index (χ1v) is 9.47. The second-order valence-corrected chi connectivity index (χ2v) is 6.93. The number of aliphatic hydroxyl groups is 1. The van der Waals surface area contributed by atoms with Crippen LogP contribution in [0.3, 0.4) is 0 Å². The smallest absolute Gasteiger partial charge is 0.258 e. The summed E-state index contributed by atoms with van der Waals surface area (Å²) >= 11 is 0. The van der Waals surface area contributed by atoms with Gasteiger partial charge in [-0.05, 0) is 29.7 Å². The van der Waals surface area contributed by atoms with E-state index in [0.717, 1.165) is 11.1 Å². The van der Waals surface area contributed by atoms with Crippen LogP contribution in [0.5, 0.6) is 0 Å². The molecule has 0 spiro atoms. The zero-order valence-electron chi connectivity index (χ0n) is 15.7. The lowest BCUT2D eigenvalue weighted by Gasteiger charge is -2.36. The van der Waals surface area contributed by atoms with Crippen LogP contribution in [0.1, 0.15) is 36.2 Å². The number of benzene rings is 3. The van der Waals surface area contributed by atoms with E-state index in [1.165, 1.54) is 0 Å². The average molecular weight is 370 g/mol. The zero-order chi connectivity index (χ0) is 19.6. The lowest BCUT2D eigenvalue weighted by Crippen LogP contribution is -2.36. The van der Waals surface area contributed by atoms with Gasteiger partial charge in [-0.1, -0.05) is 79.7 Å². The van der Waals surface area contributed by atoms with Crippen LogP contribution in [-0.4, -0.2) is 15.1 Å². The number of aromatic amines is 1. The molecule has 2 N–H and O–H groups in total. The molecular formula is C24H22N2O2. The van der Waals surface area contributed by atoms with Crippen molar-refractivity contribution in [1.82, 2.24) is 9.97 Å². The summed E-state index contributed by atoms with van der Waals surface area (Å²) in [7, 11) is 0. The van der Waals surface area contributed by atoms with E-state index in [1.54, 1.807) is 6.07 Å². The van der Waals surface area contributed by atoms with Crippen molar-refractivity contribution in [2.45, 2.75) is 24.9 Å². The van der Waals surface area contributed by atoms with Crippen LogP contribution in [0.4, 0.5) is 0 Å². The highest BCUT2D eigenvalue weighted by Gasteiger charge is 2.41. The van der Waals surface area contributed by atoms with Crippen molar-refractivity contribution >= 4 is 10.9 Å². The monoisotopic (exact) mass is 370 g/mol. The minimum Gasteiger partial charge on any atom is -0.380 e. The molecule has 1 aromatic heterocycles. The summed E-state index contributed by atoms with van der Waals surface area (Å²) in [6.45, 7) is 2.00. The number of hydrogen-bond donors (Lipinski definition) is 2. The summed E-state index contributed by atoms with van der Waals surface area (Å²) in [4.78, 5) is 20.3. The maximum absolute atomic E-state index is 12.6. The fraction of sp³-hybridized carbons (Fsp3) is 0.167. The Morgan fingerprint density at radius 3 is 2.00 bits per heavy atom. The Balaban J connectivity index is 1.96. The van der Waals surface area contributed by atoms with Crippen LogP contribution >= 0.6 is 0 Å². The number of aromatic nitrogens is 2. The molecule has 0 fully saturated rings. The Hall–Kier alpha value is -3.24. The van der Waals surface area contributed by atoms with E-state index >= 15 is 0 Å². The highest BCUT2D eigenvalue weighted by atomic mass is 16.3. The first-order chi connectivity index (χ1) is 13.6. The molecule has 0 saturated heterocycles. The molecule has 0 saturated carbocycles. The van der Waals surface area contributed by atoms with Gasteiger partial charge in [-0.15, -0.1) is 0 Å². The van der Waals surface area contributed by atoms with Gasteiger partial charge in [0.05, 0.1) is 16.8 Å². The lowest BCUT2D eigenvalue weighted by atomic mass is 9.74. The summed E-state index contributed by atoms with van der Waals surface area (Å²) < 4.78 is 0. The topological polar surface area (TPSA) is 66.0 Å². The Morgan fingerprint density at radius 2 is 1.43 bits per heavy atom. The van der Waals surface area contributed by atoms with Crippen LogP contribution in [0.25, 0.3) is 10.9 Å². The van der Waals surface area contributed by atoms with Gasteiger partial charge in [0.2, 0.25) is 0 Å². The van der Waals surface area contributed by atoms with E-state index in [-0.39, 0.29) is 5.56 Å². The molecule has 1 atom stereocenters. The summed E-state index contributed by atoms with van der Waals surface area (Å²) in [5.41, 5.74) is 0.647. The molecule has 4 rings (SSSR count). The number of rotatable bonds is 5. The molecule has 0 radical (unpaired) electrons. The van der Waals surface area contributed by atoms with Gasteiger partial charge in [0.25, 0.3) is 5.56 Å². The SMILES string of the molecule is CCC(c1nc2ccccc2c(=O)[nH]1)C(O)(c1ccccc1)c1ccccc1. The van der Waals surface area contributed by atoms with Crippen LogP contribution in [0.15, 0.2) is 89.7 Å². The van der Waals surface area contributed by atoms with Crippen molar-refractivity contribution in [3.63, 3.8) is 0 Å². The maximum atomic E-state index is 12.6.